The Hall–Kier alpha value is -2.31. The van der Waals surface area contributed by atoms with Crippen LogP contribution in [0.25, 0.3) is 0 Å². The number of hydrogen-bond acceptors (Lipinski definition) is 3. The quantitative estimate of drug-likeness (QED) is 0.544. The molecule has 0 spiro atoms. The Morgan fingerprint density at radius 1 is 1.25 bits per heavy atom. The maximum atomic E-state index is 13.2. The zero-order valence-electron chi connectivity index (χ0n) is 11.2. The minimum absolute atomic E-state index is 0.0185. The maximum Gasteiger partial charge on any atom is 0.333 e. The normalized spacial score (nSPS) is 9.70. The van der Waals surface area contributed by atoms with Crippen molar-refractivity contribution < 1.29 is 18.7 Å². The van der Waals surface area contributed by atoms with Crippen LogP contribution in [0, 0.1) is 5.82 Å². The van der Waals surface area contributed by atoms with E-state index in [1.165, 1.54) is 18.2 Å². The Morgan fingerprint density at radius 2 is 2.00 bits per heavy atom. The van der Waals surface area contributed by atoms with E-state index in [1.54, 1.807) is 6.07 Å². The number of halogens is 1. The molecule has 7 heteroatoms. The number of rotatable bonds is 6. The Labute approximate surface area is 116 Å². The zero-order valence-corrected chi connectivity index (χ0v) is 11.2. The summed E-state index contributed by atoms with van der Waals surface area (Å²) in [4.78, 5) is 22.6. The van der Waals surface area contributed by atoms with Crippen molar-refractivity contribution in [2.45, 2.75) is 19.8 Å². The zero-order chi connectivity index (χ0) is 14.8. The third-order valence-corrected chi connectivity index (χ3v) is 2.33. The van der Waals surface area contributed by atoms with Gasteiger partial charge in [0, 0.05) is 6.54 Å². The predicted molar refractivity (Wildman–Crippen MR) is 71.5 cm³/mol. The van der Waals surface area contributed by atoms with Gasteiger partial charge >= 0.3 is 6.03 Å². The number of carbonyl (C=O) groups excluding carboxylic acids is 2. The molecule has 20 heavy (non-hydrogen) atoms. The fourth-order valence-corrected chi connectivity index (χ4v) is 1.29. The van der Waals surface area contributed by atoms with Gasteiger partial charge in [0.2, 0.25) is 0 Å². The molecule has 0 saturated heterocycles. The summed E-state index contributed by atoms with van der Waals surface area (Å²) >= 11 is 0. The van der Waals surface area contributed by atoms with Gasteiger partial charge in [0.15, 0.2) is 18.2 Å². The molecule has 1 aromatic carbocycles. The van der Waals surface area contributed by atoms with Crippen LogP contribution in [0.2, 0.25) is 0 Å². The van der Waals surface area contributed by atoms with Gasteiger partial charge in [0.05, 0.1) is 0 Å². The number of para-hydroxylation sites is 1. The first-order chi connectivity index (χ1) is 9.63. The lowest BCUT2D eigenvalue weighted by Gasteiger charge is -2.09. The van der Waals surface area contributed by atoms with E-state index < -0.39 is 24.4 Å². The van der Waals surface area contributed by atoms with Crippen molar-refractivity contribution in [1.29, 1.82) is 0 Å². The Morgan fingerprint density at radius 3 is 2.70 bits per heavy atom. The third kappa shape index (κ3) is 6.03. The summed E-state index contributed by atoms with van der Waals surface area (Å²) in [7, 11) is 0. The largest absolute Gasteiger partial charge is 0.481 e. The number of hydrogen-bond donors (Lipinski definition) is 3. The minimum atomic E-state index is -0.584. The van der Waals surface area contributed by atoms with Gasteiger partial charge in [0.1, 0.15) is 0 Å². The maximum absolute atomic E-state index is 13.2. The summed E-state index contributed by atoms with van der Waals surface area (Å²) in [6, 6.07) is 5.25. The molecule has 1 aromatic rings. The number of carbonyl (C=O) groups is 2. The van der Waals surface area contributed by atoms with Crippen molar-refractivity contribution in [1.82, 2.24) is 16.2 Å². The van der Waals surface area contributed by atoms with Crippen LogP contribution in [0.15, 0.2) is 24.3 Å². The highest BCUT2D eigenvalue weighted by molar-refractivity contribution is 5.81. The highest BCUT2D eigenvalue weighted by Crippen LogP contribution is 2.14. The van der Waals surface area contributed by atoms with Crippen LogP contribution in [-0.2, 0) is 4.79 Å². The van der Waals surface area contributed by atoms with Gasteiger partial charge in [-0.3, -0.25) is 10.2 Å². The van der Waals surface area contributed by atoms with Gasteiger partial charge < -0.3 is 10.1 Å². The number of unbranched alkanes of at least 4 members (excludes halogenated alkanes) is 1. The lowest BCUT2D eigenvalue weighted by molar-refractivity contribution is -0.123. The number of hydrazine groups is 1. The van der Waals surface area contributed by atoms with E-state index in [0.717, 1.165) is 12.8 Å². The smallest absolute Gasteiger partial charge is 0.333 e. The molecule has 0 aromatic heterocycles. The van der Waals surface area contributed by atoms with Gasteiger partial charge in [-0.1, -0.05) is 25.5 Å². The molecule has 0 aliphatic rings. The van der Waals surface area contributed by atoms with E-state index in [4.69, 9.17) is 4.74 Å². The topological polar surface area (TPSA) is 79.5 Å². The molecule has 0 unspecified atom stereocenters. The van der Waals surface area contributed by atoms with Crippen LogP contribution in [-0.4, -0.2) is 25.1 Å². The molecule has 0 radical (unpaired) electrons. The molecular formula is C13H18FN3O3. The molecule has 3 N–H and O–H groups in total. The van der Waals surface area contributed by atoms with Crippen molar-refractivity contribution in [2.75, 3.05) is 13.2 Å². The fourth-order valence-electron chi connectivity index (χ4n) is 1.29. The summed E-state index contributed by atoms with van der Waals surface area (Å²) in [5.74, 6) is -1.15. The molecular weight excluding hydrogens is 265 g/mol. The van der Waals surface area contributed by atoms with E-state index in [1.807, 2.05) is 6.92 Å². The standard InChI is InChI=1S/C13H18FN3O3/c1-2-3-8-15-13(19)17-16-12(18)9-20-11-7-5-4-6-10(11)14/h4-7H,2-3,8-9H2,1H3,(H,16,18)(H2,15,17,19). The van der Waals surface area contributed by atoms with Gasteiger partial charge in [-0.15, -0.1) is 0 Å². The van der Waals surface area contributed by atoms with Crippen molar-refractivity contribution in [3.05, 3.63) is 30.1 Å². The second kappa shape index (κ2) is 8.73. The van der Waals surface area contributed by atoms with E-state index in [0.29, 0.717) is 6.54 Å². The second-order valence-electron chi connectivity index (χ2n) is 4.00. The Balaban J connectivity index is 2.21. The molecule has 3 amide bonds. The lowest BCUT2D eigenvalue weighted by Crippen LogP contribution is -2.48. The average Bonchev–Trinajstić information content (AvgIpc) is 2.44. The predicted octanol–water partition coefficient (Wildman–Crippen LogP) is 1.33. The third-order valence-electron chi connectivity index (χ3n) is 2.33. The molecule has 0 aliphatic heterocycles. The lowest BCUT2D eigenvalue weighted by atomic mass is 10.3. The van der Waals surface area contributed by atoms with E-state index in [2.05, 4.69) is 16.2 Å². The number of urea groups is 1. The Bertz CT molecular complexity index is 454. The molecule has 0 bridgehead atoms. The number of nitrogens with one attached hydrogen (secondary N) is 3. The Kier molecular flexibility index (Phi) is 6.88. The molecule has 0 aliphatic carbocycles. The molecule has 0 fully saturated rings. The van der Waals surface area contributed by atoms with Crippen molar-refractivity contribution in [3.8, 4) is 5.75 Å². The van der Waals surface area contributed by atoms with Crippen LogP contribution in [0.3, 0.4) is 0 Å². The SMILES string of the molecule is CCCCNC(=O)NNC(=O)COc1ccccc1F. The first kappa shape index (κ1) is 15.7. The van der Waals surface area contributed by atoms with Crippen LogP contribution in [0.5, 0.6) is 5.75 Å². The summed E-state index contributed by atoms with van der Waals surface area (Å²) in [6.07, 6.45) is 1.82. The molecule has 0 atom stereocenters. The summed E-state index contributed by atoms with van der Waals surface area (Å²) in [6.45, 7) is 2.14. The molecule has 0 heterocycles. The van der Waals surface area contributed by atoms with E-state index >= 15 is 0 Å². The fraction of sp³-hybridized carbons (Fsp3) is 0.385. The number of benzene rings is 1. The van der Waals surface area contributed by atoms with Crippen molar-refractivity contribution >= 4 is 11.9 Å². The van der Waals surface area contributed by atoms with Crippen LogP contribution < -0.4 is 20.9 Å². The van der Waals surface area contributed by atoms with Gasteiger partial charge in [-0.25, -0.2) is 14.6 Å². The summed E-state index contributed by atoms with van der Waals surface area (Å²) in [5.41, 5.74) is 4.32. The second-order valence-corrected chi connectivity index (χ2v) is 4.00. The van der Waals surface area contributed by atoms with Gasteiger partial charge in [0.25, 0.3) is 5.91 Å². The number of ether oxygens (including phenoxy) is 1. The minimum Gasteiger partial charge on any atom is -0.481 e. The monoisotopic (exact) mass is 283 g/mol. The molecule has 6 nitrogen and oxygen atoms in total. The van der Waals surface area contributed by atoms with Crippen LogP contribution >= 0.6 is 0 Å². The first-order valence-electron chi connectivity index (χ1n) is 6.33. The van der Waals surface area contributed by atoms with Crippen molar-refractivity contribution in [3.63, 3.8) is 0 Å². The van der Waals surface area contributed by atoms with Crippen molar-refractivity contribution in [2.24, 2.45) is 0 Å². The molecule has 1 rings (SSSR count). The molecule has 110 valence electrons. The molecule has 0 saturated carbocycles. The highest BCUT2D eigenvalue weighted by Gasteiger charge is 2.07. The summed E-state index contributed by atoms with van der Waals surface area (Å²) in [5, 5.41) is 2.56. The first-order valence-corrected chi connectivity index (χ1v) is 6.33. The van der Waals surface area contributed by atoms with E-state index in [-0.39, 0.29) is 5.75 Å². The van der Waals surface area contributed by atoms with Crippen LogP contribution in [0.4, 0.5) is 9.18 Å². The average molecular weight is 283 g/mol. The van der Waals surface area contributed by atoms with E-state index in [9.17, 15) is 14.0 Å². The van der Waals surface area contributed by atoms with Gasteiger partial charge in [-0.2, -0.15) is 0 Å². The highest BCUT2D eigenvalue weighted by atomic mass is 19.1. The van der Waals surface area contributed by atoms with Crippen LogP contribution in [0.1, 0.15) is 19.8 Å². The summed E-state index contributed by atoms with van der Waals surface area (Å²) < 4.78 is 18.2. The number of amides is 3. The van der Waals surface area contributed by atoms with Gasteiger partial charge in [-0.05, 0) is 18.6 Å².